The second-order valence-electron chi connectivity index (χ2n) is 4.90. The van der Waals surface area contributed by atoms with Crippen molar-refractivity contribution in [3.63, 3.8) is 0 Å². The summed E-state index contributed by atoms with van der Waals surface area (Å²) < 4.78 is 6.07. The molecule has 0 spiro atoms. The highest BCUT2D eigenvalue weighted by Crippen LogP contribution is 2.23. The van der Waals surface area contributed by atoms with Crippen molar-refractivity contribution in [3.05, 3.63) is 33.4 Å². The standard InChI is InChI=1S/C14H20INO2/c1-10(2)9-16-14(3,13(17)18-4)11-5-7-12(15)8-6-11/h5-8,10,16H,9H2,1-4H3. The molecule has 100 valence electrons. The highest BCUT2D eigenvalue weighted by molar-refractivity contribution is 14.1. The number of nitrogens with one attached hydrogen (secondary N) is 1. The van der Waals surface area contributed by atoms with Gasteiger partial charge in [0.15, 0.2) is 0 Å². The molecular formula is C14H20INO2. The Morgan fingerprint density at radius 1 is 1.39 bits per heavy atom. The Labute approximate surface area is 122 Å². The van der Waals surface area contributed by atoms with Crippen LogP contribution in [0.25, 0.3) is 0 Å². The summed E-state index contributed by atoms with van der Waals surface area (Å²) in [4.78, 5) is 12.0. The van der Waals surface area contributed by atoms with E-state index in [0.717, 1.165) is 15.7 Å². The first-order valence-corrected chi connectivity index (χ1v) is 7.07. The SMILES string of the molecule is COC(=O)C(C)(NCC(C)C)c1ccc(I)cc1. The lowest BCUT2D eigenvalue weighted by Crippen LogP contribution is -2.48. The molecule has 0 aliphatic rings. The molecule has 18 heavy (non-hydrogen) atoms. The van der Waals surface area contributed by atoms with Gasteiger partial charge >= 0.3 is 5.97 Å². The Hall–Kier alpha value is -0.620. The van der Waals surface area contributed by atoms with Crippen LogP contribution in [0, 0.1) is 9.49 Å². The first-order chi connectivity index (χ1) is 8.40. The predicted octanol–water partition coefficient (Wildman–Crippen LogP) is 2.93. The first-order valence-electron chi connectivity index (χ1n) is 5.99. The van der Waals surface area contributed by atoms with Gasteiger partial charge in [-0.3, -0.25) is 5.32 Å². The van der Waals surface area contributed by atoms with Crippen LogP contribution in [0.15, 0.2) is 24.3 Å². The molecule has 0 amide bonds. The van der Waals surface area contributed by atoms with E-state index < -0.39 is 5.54 Å². The molecule has 1 unspecified atom stereocenters. The molecule has 0 saturated carbocycles. The molecule has 3 nitrogen and oxygen atoms in total. The molecule has 1 N–H and O–H groups in total. The van der Waals surface area contributed by atoms with Crippen molar-refractivity contribution in [2.45, 2.75) is 26.3 Å². The van der Waals surface area contributed by atoms with Gasteiger partial charge in [0, 0.05) is 3.57 Å². The Morgan fingerprint density at radius 2 is 1.94 bits per heavy atom. The smallest absolute Gasteiger partial charge is 0.330 e. The third-order valence-corrected chi connectivity index (χ3v) is 3.60. The summed E-state index contributed by atoms with van der Waals surface area (Å²) in [6.45, 7) is 6.85. The highest BCUT2D eigenvalue weighted by Gasteiger charge is 2.35. The number of hydrogen-bond donors (Lipinski definition) is 1. The molecule has 0 bridgehead atoms. The van der Waals surface area contributed by atoms with Crippen LogP contribution in [0.5, 0.6) is 0 Å². The fourth-order valence-corrected chi connectivity index (χ4v) is 2.05. The van der Waals surface area contributed by atoms with E-state index in [-0.39, 0.29) is 5.97 Å². The normalized spacial score (nSPS) is 14.3. The quantitative estimate of drug-likeness (QED) is 0.648. The van der Waals surface area contributed by atoms with Crippen molar-refractivity contribution in [1.82, 2.24) is 5.32 Å². The van der Waals surface area contributed by atoms with Gasteiger partial charge in [-0.25, -0.2) is 4.79 Å². The molecule has 1 aromatic rings. The Balaban J connectivity index is 3.03. The van der Waals surface area contributed by atoms with Gasteiger partial charge in [0.05, 0.1) is 7.11 Å². The molecule has 0 heterocycles. The van der Waals surface area contributed by atoms with Gasteiger partial charge in [-0.2, -0.15) is 0 Å². The maximum absolute atomic E-state index is 12.0. The second kappa shape index (κ2) is 6.52. The monoisotopic (exact) mass is 361 g/mol. The molecule has 0 aromatic heterocycles. The number of carbonyl (C=O) groups excluding carboxylic acids is 1. The van der Waals surface area contributed by atoms with Gasteiger partial charge in [-0.05, 0) is 59.7 Å². The molecule has 4 heteroatoms. The first kappa shape index (κ1) is 15.4. The minimum Gasteiger partial charge on any atom is -0.467 e. The van der Waals surface area contributed by atoms with Crippen LogP contribution in [0.1, 0.15) is 26.3 Å². The van der Waals surface area contributed by atoms with Crippen LogP contribution < -0.4 is 5.32 Å². The molecule has 0 radical (unpaired) electrons. The van der Waals surface area contributed by atoms with E-state index >= 15 is 0 Å². The van der Waals surface area contributed by atoms with Gasteiger partial charge in [0.1, 0.15) is 5.54 Å². The van der Waals surface area contributed by atoms with Crippen molar-refractivity contribution in [3.8, 4) is 0 Å². The minimum atomic E-state index is -0.788. The maximum atomic E-state index is 12.0. The number of halogens is 1. The molecule has 1 aromatic carbocycles. The van der Waals surface area contributed by atoms with E-state index in [0.29, 0.717) is 5.92 Å². The zero-order chi connectivity index (χ0) is 13.8. The summed E-state index contributed by atoms with van der Waals surface area (Å²) >= 11 is 2.25. The predicted molar refractivity (Wildman–Crippen MR) is 81.4 cm³/mol. The average molecular weight is 361 g/mol. The number of esters is 1. The Bertz CT molecular complexity index is 403. The van der Waals surface area contributed by atoms with Gasteiger partial charge < -0.3 is 4.74 Å². The lowest BCUT2D eigenvalue weighted by molar-refractivity contribution is -0.148. The molecule has 0 fully saturated rings. The van der Waals surface area contributed by atoms with Crippen molar-refractivity contribution < 1.29 is 9.53 Å². The number of rotatable bonds is 5. The van der Waals surface area contributed by atoms with Crippen LogP contribution in [-0.2, 0) is 15.1 Å². The van der Waals surface area contributed by atoms with Crippen LogP contribution in [0.2, 0.25) is 0 Å². The molecule has 1 rings (SSSR count). The molecule has 1 atom stereocenters. The van der Waals surface area contributed by atoms with Crippen LogP contribution >= 0.6 is 22.6 Å². The van der Waals surface area contributed by atoms with E-state index in [1.807, 2.05) is 31.2 Å². The maximum Gasteiger partial charge on any atom is 0.330 e. The van der Waals surface area contributed by atoms with Gasteiger partial charge in [0.25, 0.3) is 0 Å². The topological polar surface area (TPSA) is 38.3 Å². The number of hydrogen-bond acceptors (Lipinski definition) is 3. The summed E-state index contributed by atoms with van der Waals surface area (Å²) in [5.41, 5.74) is 0.138. The van der Waals surface area contributed by atoms with Crippen LogP contribution in [0.3, 0.4) is 0 Å². The average Bonchev–Trinajstić information content (AvgIpc) is 2.35. The van der Waals surface area contributed by atoms with Crippen molar-refractivity contribution in [2.75, 3.05) is 13.7 Å². The summed E-state index contributed by atoms with van der Waals surface area (Å²) in [6, 6.07) is 7.92. The van der Waals surface area contributed by atoms with E-state index in [2.05, 4.69) is 41.8 Å². The zero-order valence-corrected chi connectivity index (χ0v) is 13.4. The van der Waals surface area contributed by atoms with Crippen molar-refractivity contribution in [1.29, 1.82) is 0 Å². The summed E-state index contributed by atoms with van der Waals surface area (Å²) in [6.07, 6.45) is 0. The Morgan fingerprint density at radius 3 is 2.39 bits per heavy atom. The Kier molecular flexibility index (Phi) is 5.59. The van der Waals surface area contributed by atoms with E-state index in [9.17, 15) is 4.79 Å². The summed E-state index contributed by atoms with van der Waals surface area (Å²) in [5.74, 6) is 0.210. The van der Waals surface area contributed by atoms with Crippen molar-refractivity contribution in [2.24, 2.45) is 5.92 Å². The zero-order valence-electron chi connectivity index (χ0n) is 11.3. The lowest BCUT2D eigenvalue weighted by atomic mass is 9.91. The summed E-state index contributed by atoms with van der Waals surface area (Å²) in [7, 11) is 1.42. The third kappa shape index (κ3) is 3.68. The fourth-order valence-electron chi connectivity index (χ4n) is 1.69. The molecule has 0 aliphatic heterocycles. The number of ether oxygens (including phenoxy) is 1. The van der Waals surface area contributed by atoms with Crippen LogP contribution in [0.4, 0.5) is 0 Å². The van der Waals surface area contributed by atoms with Gasteiger partial charge in [-0.15, -0.1) is 0 Å². The molecule has 0 aliphatic carbocycles. The fraction of sp³-hybridized carbons (Fsp3) is 0.500. The molecular weight excluding hydrogens is 341 g/mol. The van der Waals surface area contributed by atoms with Crippen LogP contribution in [-0.4, -0.2) is 19.6 Å². The highest BCUT2D eigenvalue weighted by atomic mass is 127. The third-order valence-electron chi connectivity index (χ3n) is 2.88. The number of benzene rings is 1. The van der Waals surface area contributed by atoms with E-state index in [4.69, 9.17) is 4.74 Å². The second-order valence-corrected chi connectivity index (χ2v) is 6.14. The van der Waals surface area contributed by atoms with Gasteiger partial charge in [-0.1, -0.05) is 26.0 Å². The number of methoxy groups -OCH3 is 1. The minimum absolute atomic E-state index is 0.260. The largest absolute Gasteiger partial charge is 0.467 e. The molecule has 0 saturated heterocycles. The van der Waals surface area contributed by atoms with Crippen molar-refractivity contribution >= 4 is 28.6 Å². The number of carbonyl (C=O) groups is 1. The summed E-state index contributed by atoms with van der Waals surface area (Å²) in [5, 5.41) is 3.31. The van der Waals surface area contributed by atoms with Gasteiger partial charge in [0.2, 0.25) is 0 Å². The van der Waals surface area contributed by atoms with E-state index in [1.54, 1.807) is 0 Å². The lowest BCUT2D eigenvalue weighted by Gasteiger charge is -2.29. The van der Waals surface area contributed by atoms with E-state index in [1.165, 1.54) is 7.11 Å².